The van der Waals surface area contributed by atoms with Crippen molar-refractivity contribution in [3.05, 3.63) is 48.7 Å². The molecule has 0 aliphatic carbocycles. The van der Waals surface area contributed by atoms with Crippen molar-refractivity contribution in [1.29, 1.82) is 0 Å². The zero-order chi connectivity index (χ0) is 23.9. The third kappa shape index (κ3) is 5.96. The molecule has 4 rings (SSSR count). The van der Waals surface area contributed by atoms with Gasteiger partial charge in [-0.3, -0.25) is 4.79 Å². The van der Waals surface area contributed by atoms with E-state index in [1.165, 1.54) is 0 Å². The number of hydrogen-bond donors (Lipinski definition) is 2. The molecule has 178 valence electrons. The first kappa shape index (κ1) is 23.8. The second-order valence-electron chi connectivity index (χ2n) is 8.32. The first-order chi connectivity index (χ1) is 16.5. The highest BCUT2D eigenvalue weighted by Gasteiger charge is 2.14. The number of rotatable bonds is 11. The molecule has 2 aromatic carbocycles. The zero-order valence-corrected chi connectivity index (χ0v) is 20.6. The van der Waals surface area contributed by atoms with Gasteiger partial charge in [-0.2, -0.15) is 5.10 Å². The van der Waals surface area contributed by atoms with E-state index in [4.69, 9.17) is 4.74 Å². The first-order valence-electron chi connectivity index (χ1n) is 11.5. The number of carbonyl (C=O) groups is 1. The maximum absolute atomic E-state index is 12.3. The van der Waals surface area contributed by atoms with Crippen molar-refractivity contribution in [2.75, 3.05) is 30.8 Å². The molecular weight excluding hydrogens is 448 g/mol. The molecule has 0 unspecified atom stereocenters. The SMILES string of the molecule is CCSc1nc(NCC(C)C)c2cnn(CCNC(=O)COc3ccc4ccccc4c3)c2n1. The van der Waals surface area contributed by atoms with Crippen LogP contribution in [0.4, 0.5) is 5.82 Å². The largest absolute Gasteiger partial charge is 0.484 e. The molecule has 0 fully saturated rings. The van der Waals surface area contributed by atoms with Gasteiger partial charge in [0.15, 0.2) is 17.4 Å². The van der Waals surface area contributed by atoms with E-state index in [0.29, 0.717) is 24.8 Å². The molecule has 1 amide bonds. The maximum Gasteiger partial charge on any atom is 0.258 e. The molecule has 2 heterocycles. The van der Waals surface area contributed by atoms with Crippen molar-refractivity contribution < 1.29 is 9.53 Å². The summed E-state index contributed by atoms with van der Waals surface area (Å²) in [6, 6.07) is 13.9. The number of nitrogens with one attached hydrogen (secondary N) is 2. The fourth-order valence-corrected chi connectivity index (χ4v) is 4.05. The van der Waals surface area contributed by atoms with Gasteiger partial charge < -0.3 is 15.4 Å². The Kier molecular flexibility index (Phi) is 7.84. The second kappa shape index (κ2) is 11.2. The van der Waals surface area contributed by atoms with Crippen molar-refractivity contribution >= 4 is 45.3 Å². The highest BCUT2D eigenvalue weighted by molar-refractivity contribution is 7.99. The minimum atomic E-state index is -0.180. The van der Waals surface area contributed by atoms with E-state index in [2.05, 4.69) is 46.5 Å². The normalized spacial score (nSPS) is 11.3. The van der Waals surface area contributed by atoms with Crippen molar-refractivity contribution in [1.82, 2.24) is 25.1 Å². The predicted molar refractivity (Wildman–Crippen MR) is 138 cm³/mol. The molecule has 8 nitrogen and oxygen atoms in total. The molecule has 0 saturated heterocycles. The molecule has 2 N–H and O–H groups in total. The summed E-state index contributed by atoms with van der Waals surface area (Å²) in [6.45, 7) is 8.09. The number of nitrogens with zero attached hydrogens (tertiary/aromatic N) is 4. The lowest BCUT2D eigenvalue weighted by Crippen LogP contribution is -2.31. The Morgan fingerprint density at radius 2 is 1.97 bits per heavy atom. The molecule has 0 atom stereocenters. The fourth-order valence-electron chi connectivity index (χ4n) is 3.49. The second-order valence-corrected chi connectivity index (χ2v) is 9.55. The van der Waals surface area contributed by atoms with Gasteiger partial charge in [0, 0.05) is 13.1 Å². The van der Waals surface area contributed by atoms with E-state index >= 15 is 0 Å². The van der Waals surface area contributed by atoms with Crippen LogP contribution in [0.15, 0.2) is 53.8 Å². The van der Waals surface area contributed by atoms with Crippen molar-refractivity contribution in [3.63, 3.8) is 0 Å². The number of aromatic nitrogens is 4. The Balaban J connectivity index is 1.35. The predicted octanol–water partition coefficient (Wildman–Crippen LogP) is 4.35. The molecular formula is C25H30N6O2S. The monoisotopic (exact) mass is 478 g/mol. The van der Waals surface area contributed by atoms with Gasteiger partial charge in [0.1, 0.15) is 11.6 Å². The van der Waals surface area contributed by atoms with Crippen LogP contribution < -0.4 is 15.4 Å². The van der Waals surface area contributed by atoms with Gasteiger partial charge in [0.2, 0.25) is 0 Å². The zero-order valence-electron chi connectivity index (χ0n) is 19.7. The molecule has 0 spiro atoms. The minimum Gasteiger partial charge on any atom is -0.484 e. The van der Waals surface area contributed by atoms with Crippen LogP contribution in [0.2, 0.25) is 0 Å². The summed E-state index contributed by atoms with van der Waals surface area (Å²) in [5, 5.41) is 14.6. The molecule has 4 aromatic rings. The average molecular weight is 479 g/mol. The van der Waals surface area contributed by atoms with E-state index in [1.807, 2.05) is 47.1 Å². The Labute approximate surface area is 203 Å². The highest BCUT2D eigenvalue weighted by Crippen LogP contribution is 2.24. The third-order valence-corrected chi connectivity index (χ3v) is 5.89. The number of anilines is 1. The lowest BCUT2D eigenvalue weighted by atomic mass is 10.1. The molecule has 0 aliphatic heterocycles. The molecule has 34 heavy (non-hydrogen) atoms. The van der Waals surface area contributed by atoms with Crippen LogP contribution in [-0.2, 0) is 11.3 Å². The van der Waals surface area contributed by atoms with Gasteiger partial charge in [-0.15, -0.1) is 0 Å². The number of benzene rings is 2. The summed E-state index contributed by atoms with van der Waals surface area (Å²) in [4.78, 5) is 21.7. The molecule has 0 aliphatic rings. The molecule has 0 bridgehead atoms. The standard InChI is InChI=1S/C25H30N6O2S/c1-4-34-25-29-23(27-14-17(2)3)21-15-28-31(24(21)30-25)12-11-26-22(32)16-33-20-10-9-18-7-5-6-8-19(18)13-20/h5-10,13,15,17H,4,11-12,14,16H2,1-3H3,(H,26,32)(H,27,29,30). The Morgan fingerprint density at radius 3 is 2.76 bits per heavy atom. The van der Waals surface area contributed by atoms with Crippen molar-refractivity contribution in [3.8, 4) is 5.75 Å². The summed E-state index contributed by atoms with van der Waals surface area (Å²) < 4.78 is 7.48. The highest BCUT2D eigenvalue weighted by atomic mass is 32.2. The van der Waals surface area contributed by atoms with Crippen LogP contribution >= 0.6 is 11.8 Å². The topological polar surface area (TPSA) is 94.0 Å². The summed E-state index contributed by atoms with van der Waals surface area (Å²) >= 11 is 1.59. The average Bonchev–Trinajstić information content (AvgIpc) is 3.24. The van der Waals surface area contributed by atoms with E-state index in [0.717, 1.165) is 45.1 Å². The van der Waals surface area contributed by atoms with Gasteiger partial charge in [0.25, 0.3) is 5.91 Å². The number of hydrogen-bond acceptors (Lipinski definition) is 7. The van der Waals surface area contributed by atoms with Crippen molar-refractivity contribution in [2.24, 2.45) is 5.92 Å². The lowest BCUT2D eigenvalue weighted by molar-refractivity contribution is -0.123. The van der Waals surface area contributed by atoms with Gasteiger partial charge in [-0.25, -0.2) is 14.6 Å². The number of fused-ring (bicyclic) bond motifs is 2. The lowest BCUT2D eigenvalue weighted by Gasteiger charge is -2.11. The van der Waals surface area contributed by atoms with Crippen LogP contribution in [-0.4, -0.2) is 51.1 Å². The van der Waals surface area contributed by atoms with Crippen LogP contribution in [0.1, 0.15) is 20.8 Å². The van der Waals surface area contributed by atoms with Gasteiger partial charge >= 0.3 is 0 Å². The molecule has 0 radical (unpaired) electrons. The van der Waals surface area contributed by atoms with Crippen LogP contribution in [0.3, 0.4) is 0 Å². The van der Waals surface area contributed by atoms with Crippen LogP contribution in [0.5, 0.6) is 5.75 Å². The van der Waals surface area contributed by atoms with Crippen molar-refractivity contribution in [2.45, 2.75) is 32.5 Å². The molecule has 2 aromatic heterocycles. The summed E-state index contributed by atoms with van der Waals surface area (Å²) in [6.07, 6.45) is 1.78. The summed E-state index contributed by atoms with van der Waals surface area (Å²) in [7, 11) is 0. The van der Waals surface area contributed by atoms with Crippen LogP contribution in [0.25, 0.3) is 21.8 Å². The van der Waals surface area contributed by atoms with E-state index in [1.54, 1.807) is 18.0 Å². The maximum atomic E-state index is 12.3. The number of carbonyl (C=O) groups excluding carboxylic acids is 1. The molecule has 0 saturated carbocycles. The van der Waals surface area contributed by atoms with E-state index in [9.17, 15) is 4.79 Å². The summed E-state index contributed by atoms with van der Waals surface area (Å²) in [5.74, 6) is 2.67. The summed E-state index contributed by atoms with van der Waals surface area (Å²) in [5.41, 5.74) is 0.763. The van der Waals surface area contributed by atoms with E-state index in [-0.39, 0.29) is 12.5 Å². The Hall–Kier alpha value is -3.33. The van der Waals surface area contributed by atoms with Crippen LogP contribution in [0, 0.1) is 5.92 Å². The number of ether oxygens (including phenoxy) is 1. The fraction of sp³-hybridized carbons (Fsp3) is 0.360. The third-order valence-electron chi connectivity index (χ3n) is 5.16. The number of amides is 1. The quantitative estimate of drug-likeness (QED) is 0.244. The molecule has 9 heteroatoms. The smallest absolute Gasteiger partial charge is 0.258 e. The first-order valence-corrected chi connectivity index (χ1v) is 12.5. The van der Waals surface area contributed by atoms with Gasteiger partial charge in [-0.1, -0.05) is 62.9 Å². The Morgan fingerprint density at radius 1 is 1.15 bits per heavy atom. The Bertz CT molecular complexity index is 1270. The van der Waals surface area contributed by atoms with Gasteiger partial charge in [-0.05, 0) is 34.6 Å². The van der Waals surface area contributed by atoms with E-state index < -0.39 is 0 Å². The number of thioether (sulfide) groups is 1. The minimum absolute atomic E-state index is 0.0408. The van der Waals surface area contributed by atoms with Gasteiger partial charge in [0.05, 0.1) is 18.1 Å².